The third kappa shape index (κ3) is 4.48. The number of aromatic nitrogens is 1. The van der Waals surface area contributed by atoms with E-state index in [9.17, 15) is 4.57 Å². The summed E-state index contributed by atoms with van der Waals surface area (Å²) in [4.78, 5) is 2.15. The van der Waals surface area contributed by atoms with E-state index in [0.29, 0.717) is 13.2 Å². The summed E-state index contributed by atoms with van der Waals surface area (Å²) < 4.78 is 26.5. The minimum atomic E-state index is -3.37. The average Bonchev–Trinajstić information content (AvgIpc) is 2.96. The predicted octanol–water partition coefficient (Wildman–Crippen LogP) is 4.55. The molecule has 2 rings (SSSR count). The Morgan fingerprint density at radius 2 is 1.71 bits per heavy atom. The molecule has 0 saturated heterocycles. The van der Waals surface area contributed by atoms with Crippen molar-refractivity contribution in [3.05, 3.63) is 36.0 Å². The van der Waals surface area contributed by atoms with Gasteiger partial charge in [-0.1, -0.05) is 32.0 Å². The van der Waals surface area contributed by atoms with Gasteiger partial charge in [-0.3, -0.25) is 13.4 Å². The maximum absolute atomic E-state index is 13.4. The molecule has 0 spiro atoms. The Morgan fingerprint density at radius 3 is 2.29 bits per heavy atom. The number of nitrogens with zero attached hydrogens (tertiary/aromatic N) is 2. The van der Waals surface area contributed by atoms with Crippen LogP contribution in [0.2, 0.25) is 0 Å². The number of rotatable bonds is 10. The standard InChI is InChI=1S/C18H29N2O3P/c1-5-13-22-24(21,23-14-6-2)20-15-16(11-12-19(3)4)17-9-7-8-10-18(17)20/h7-10,15H,5-6,11-14H2,1-4H3. The molecule has 0 N–H and O–H groups in total. The summed E-state index contributed by atoms with van der Waals surface area (Å²) in [7, 11) is 0.735. The molecule has 1 heterocycles. The van der Waals surface area contributed by atoms with E-state index in [1.165, 1.54) is 5.56 Å². The van der Waals surface area contributed by atoms with Gasteiger partial charge in [-0.05, 0) is 45.0 Å². The summed E-state index contributed by atoms with van der Waals surface area (Å²) in [6.45, 7) is 5.77. The highest BCUT2D eigenvalue weighted by atomic mass is 31.2. The lowest BCUT2D eigenvalue weighted by Gasteiger charge is -2.20. The largest absolute Gasteiger partial charge is 0.439 e. The fourth-order valence-corrected chi connectivity index (χ4v) is 4.42. The van der Waals surface area contributed by atoms with Crippen molar-refractivity contribution in [1.82, 2.24) is 9.24 Å². The zero-order chi connectivity index (χ0) is 17.6. The number of benzene rings is 1. The molecule has 24 heavy (non-hydrogen) atoms. The molecule has 1 aromatic carbocycles. The van der Waals surface area contributed by atoms with Gasteiger partial charge >= 0.3 is 7.75 Å². The second kappa shape index (κ2) is 8.82. The molecule has 134 valence electrons. The molecular formula is C18H29N2O3P. The first-order chi connectivity index (χ1) is 11.5. The molecule has 0 saturated carbocycles. The fourth-order valence-electron chi connectivity index (χ4n) is 2.55. The summed E-state index contributed by atoms with van der Waals surface area (Å²) in [5.41, 5.74) is 2.07. The van der Waals surface area contributed by atoms with E-state index in [4.69, 9.17) is 9.05 Å². The third-order valence-corrected chi connectivity index (χ3v) is 5.66. The van der Waals surface area contributed by atoms with Gasteiger partial charge in [-0.25, -0.2) is 4.57 Å². The van der Waals surface area contributed by atoms with Crippen molar-refractivity contribution in [3.8, 4) is 0 Å². The minimum Gasteiger partial charge on any atom is -0.309 e. The Labute approximate surface area is 145 Å². The van der Waals surface area contributed by atoms with Gasteiger partial charge in [-0.15, -0.1) is 0 Å². The van der Waals surface area contributed by atoms with Crippen molar-refractivity contribution in [1.29, 1.82) is 0 Å². The van der Waals surface area contributed by atoms with Crippen LogP contribution in [-0.4, -0.2) is 43.1 Å². The predicted molar refractivity (Wildman–Crippen MR) is 99.7 cm³/mol. The summed E-state index contributed by atoms with van der Waals surface area (Å²) in [6, 6.07) is 8.02. The molecule has 0 bridgehead atoms. The monoisotopic (exact) mass is 352 g/mol. The SMILES string of the molecule is CCCOP(=O)(OCCC)n1cc(CCN(C)C)c2ccccc21. The van der Waals surface area contributed by atoms with Gasteiger partial charge < -0.3 is 4.90 Å². The fraction of sp³-hybridized carbons (Fsp3) is 0.556. The van der Waals surface area contributed by atoms with Crippen LogP contribution in [0.5, 0.6) is 0 Å². The first-order valence-corrected chi connectivity index (χ1v) is 10.1. The third-order valence-electron chi connectivity index (χ3n) is 3.78. The molecule has 2 aromatic rings. The van der Waals surface area contributed by atoms with Gasteiger partial charge in [0, 0.05) is 18.1 Å². The van der Waals surface area contributed by atoms with Gasteiger partial charge in [0.2, 0.25) is 0 Å². The molecule has 0 unspecified atom stereocenters. The molecule has 0 aliphatic heterocycles. The number of hydrogen-bond donors (Lipinski definition) is 0. The first kappa shape index (κ1) is 19.2. The van der Waals surface area contributed by atoms with Crippen LogP contribution in [0.25, 0.3) is 10.9 Å². The highest BCUT2D eigenvalue weighted by Gasteiger charge is 2.29. The summed E-state index contributed by atoms with van der Waals surface area (Å²) in [6.07, 6.45) is 4.43. The van der Waals surface area contributed by atoms with Crippen LogP contribution < -0.4 is 0 Å². The van der Waals surface area contributed by atoms with E-state index in [-0.39, 0.29) is 0 Å². The molecule has 0 radical (unpaired) electrons. The Morgan fingerprint density at radius 1 is 1.08 bits per heavy atom. The van der Waals surface area contributed by atoms with Crippen LogP contribution >= 0.6 is 7.75 Å². The van der Waals surface area contributed by atoms with Gasteiger partial charge in [0.25, 0.3) is 0 Å². The zero-order valence-corrected chi connectivity index (χ0v) is 16.1. The number of likely N-dealkylation sites (N-methyl/N-ethyl adjacent to an activating group) is 1. The Bertz CT molecular complexity index is 685. The summed E-state index contributed by atoms with van der Waals surface area (Å²) in [5.74, 6) is 0. The molecule has 0 fully saturated rings. The Balaban J connectivity index is 2.45. The van der Waals surface area contributed by atoms with E-state index in [2.05, 4.69) is 25.1 Å². The van der Waals surface area contributed by atoms with E-state index in [1.54, 1.807) is 4.34 Å². The highest BCUT2D eigenvalue weighted by molar-refractivity contribution is 7.52. The van der Waals surface area contributed by atoms with Crippen molar-refractivity contribution in [2.75, 3.05) is 33.9 Å². The van der Waals surface area contributed by atoms with Gasteiger partial charge in [0.05, 0.1) is 18.7 Å². The van der Waals surface area contributed by atoms with E-state index < -0.39 is 7.75 Å². The van der Waals surface area contributed by atoms with Crippen molar-refractivity contribution < 1.29 is 13.6 Å². The van der Waals surface area contributed by atoms with Gasteiger partial charge in [-0.2, -0.15) is 0 Å². The minimum absolute atomic E-state index is 0.417. The van der Waals surface area contributed by atoms with Crippen LogP contribution in [-0.2, 0) is 20.0 Å². The highest BCUT2D eigenvalue weighted by Crippen LogP contribution is 2.52. The smallest absolute Gasteiger partial charge is 0.309 e. The summed E-state index contributed by atoms with van der Waals surface area (Å²) in [5, 5.41) is 1.11. The Hall–Kier alpha value is -1.13. The first-order valence-electron chi connectivity index (χ1n) is 8.65. The molecule has 5 nitrogen and oxygen atoms in total. The molecule has 0 amide bonds. The average molecular weight is 352 g/mol. The normalized spacial score (nSPS) is 12.4. The maximum atomic E-state index is 13.4. The second-order valence-electron chi connectivity index (χ2n) is 6.20. The lowest BCUT2D eigenvalue weighted by molar-refractivity contribution is 0.198. The van der Waals surface area contributed by atoms with Crippen LogP contribution in [0.15, 0.2) is 30.5 Å². The number of hydrogen-bond acceptors (Lipinski definition) is 4. The second-order valence-corrected chi connectivity index (χ2v) is 8.09. The molecule has 6 heteroatoms. The van der Waals surface area contributed by atoms with Crippen LogP contribution in [0, 0.1) is 0 Å². The molecule has 0 atom stereocenters. The van der Waals surface area contributed by atoms with Crippen LogP contribution in [0.1, 0.15) is 32.3 Å². The van der Waals surface area contributed by atoms with E-state index >= 15 is 0 Å². The molecular weight excluding hydrogens is 323 g/mol. The zero-order valence-electron chi connectivity index (χ0n) is 15.2. The molecule has 0 aliphatic rings. The number of para-hydroxylation sites is 1. The van der Waals surface area contributed by atoms with Crippen LogP contribution in [0.4, 0.5) is 0 Å². The van der Waals surface area contributed by atoms with Gasteiger partial charge in [0.15, 0.2) is 0 Å². The van der Waals surface area contributed by atoms with E-state index in [1.807, 2.05) is 38.2 Å². The van der Waals surface area contributed by atoms with Crippen LogP contribution in [0.3, 0.4) is 0 Å². The van der Waals surface area contributed by atoms with Crippen molar-refractivity contribution in [2.24, 2.45) is 0 Å². The maximum Gasteiger partial charge on any atom is 0.439 e. The Kier molecular flexibility index (Phi) is 7.05. The lowest BCUT2D eigenvalue weighted by atomic mass is 10.1. The summed E-state index contributed by atoms with van der Waals surface area (Å²) >= 11 is 0. The van der Waals surface area contributed by atoms with Crippen molar-refractivity contribution in [2.45, 2.75) is 33.1 Å². The van der Waals surface area contributed by atoms with E-state index in [0.717, 1.165) is 36.7 Å². The van der Waals surface area contributed by atoms with Crippen molar-refractivity contribution in [3.63, 3.8) is 0 Å². The lowest BCUT2D eigenvalue weighted by Crippen LogP contribution is -2.14. The molecule has 1 aromatic heterocycles. The van der Waals surface area contributed by atoms with Gasteiger partial charge in [0.1, 0.15) is 0 Å². The topological polar surface area (TPSA) is 43.7 Å². The van der Waals surface area contributed by atoms with Crippen molar-refractivity contribution >= 4 is 18.6 Å². The quantitative estimate of drug-likeness (QED) is 0.588. The molecule has 0 aliphatic carbocycles. The number of fused-ring (bicyclic) bond motifs is 1.